The molecule has 0 fully saturated rings. The van der Waals surface area contributed by atoms with Crippen LogP contribution in [0, 0.1) is 0 Å². The van der Waals surface area contributed by atoms with E-state index in [0.29, 0.717) is 6.61 Å². The van der Waals surface area contributed by atoms with Crippen LogP contribution in [0.4, 0.5) is 0 Å². The molecule has 0 heterocycles. The van der Waals surface area contributed by atoms with E-state index in [-0.39, 0.29) is 5.97 Å². The van der Waals surface area contributed by atoms with Gasteiger partial charge in [-0.25, -0.2) is 4.79 Å². The maximum atomic E-state index is 10.8. The lowest BCUT2D eigenvalue weighted by molar-refractivity contribution is -0.137. The van der Waals surface area contributed by atoms with Gasteiger partial charge in [0.15, 0.2) is 0 Å². The Morgan fingerprint density at radius 3 is 2.57 bits per heavy atom. The van der Waals surface area contributed by atoms with Gasteiger partial charge in [0.25, 0.3) is 0 Å². The van der Waals surface area contributed by atoms with Crippen LogP contribution in [0.15, 0.2) is 12.7 Å². The standard InChI is InChI=1S/C11H22O2Si/c1-5-7-9-14(3,4)10-8-13-11(12)6-2/h6H,2,5,7-10H2,1,3-4H3. The molecule has 0 atom stereocenters. The van der Waals surface area contributed by atoms with Crippen molar-refractivity contribution in [3.63, 3.8) is 0 Å². The van der Waals surface area contributed by atoms with Gasteiger partial charge in [-0.2, -0.15) is 0 Å². The summed E-state index contributed by atoms with van der Waals surface area (Å²) in [6.07, 6.45) is 3.78. The van der Waals surface area contributed by atoms with E-state index in [2.05, 4.69) is 26.6 Å². The normalized spacial score (nSPS) is 11.1. The van der Waals surface area contributed by atoms with Crippen LogP contribution in [0.3, 0.4) is 0 Å². The largest absolute Gasteiger partial charge is 0.463 e. The summed E-state index contributed by atoms with van der Waals surface area (Å²) in [4.78, 5) is 10.8. The molecule has 0 aliphatic heterocycles. The molecular formula is C11H22O2Si. The number of carbonyl (C=O) groups excluding carboxylic acids is 1. The summed E-state index contributed by atoms with van der Waals surface area (Å²) in [5.41, 5.74) is 0. The van der Waals surface area contributed by atoms with Crippen LogP contribution in [0.5, 0.6) is 0 Å². The van der Waals surface area contributed by atoms with Crippen molar-refractivity contribution in [3.05, 3.63) is 12.7 Å². The summed E-state index contributed by atoms with van der Waals surface area (Å²) in [6, 6.07) is 2.39. The Hall–Kier alpha value is -0.573. The fourth-order valence-corrected chi connectivity index (χ4v) is 3.48. The highest BCUT2D eigenvalue weighted by Gasteiger charge is 2.19. The van der Waals surface area contributed by atoms with Crippen LogP contribution in [-0.2, 0) is 9.53 Å². The van der Waals surface area contributed by atoms with Gasteiger partial charge in [0.2, 0.25) is 0 Å². The first-order valence-corrected chi connectivity index (χ1v) is 8.72. The molecule has 0 aliphatic rings. The molecule has 0 radical (unpaired) electrons. The first-order chi connectivity index (χ1) is 6.52. The van der Waals surface area contributed by atoms with Crippen molar-refractivity contribution in [1.82, 2.24) is 0 Å². The Morgan fingerprint density at radius 1 is 1.43 bits per heavy atom. The molecule has 3 heteroatoms. The van der Waals surface area contributed by atoms with E-state index in [1.165, 1.54) is 25.0 Å². The van der Waals surface area contributed by atoms with Crippen molar-refractivity contribution in [3.8, 4) is 0 Å². The Labute approximate surface area is 88.4 Å². The number of unbranched alkanes of at least 4 members (excludes halogenated alkanes) is 1. The molecule has 0 saturated carbocycles. The molecule has 0 N–H and O–H groups in total. The number of ether oxygens (including phenoxy) is 1. The highest BCUT2D eigenvalue weighted by atomic mass is 28.3. The van der Waals surface area contributed by atoms with Crippen molar-refractivity contribution in [2.45, 2.75) is 44.9 Å². The average molecular weight is 214 g/mol. The number of esters is 1. The fourth-order valence-electron chi connectivity index (χ4n) is 1.27. The molecule has 0 unspecified atom stereocenters. The first kappa shape index (κ1) is 13.4. The SMILES string of the molecule is C=CC(=O)OCC[Si](C)(C)CCCC. The van der Waals surface area contributed by atoms with E-state index in [0.717, 1.165) is 6.04 Å². The highest BCUT2D eigenvalue weighted by Crippen LogP contribution is 2.18. The predicted octanol–water partition coefficient (Wildman–Crippen LogP) is 3.22. The molecule has 0 aromatic heterocycles. The zero-order chi connectivity index (χ0) is 11.0. The molecular weight excluding hydrogens is 192 g/mol. The minimum Gasteiger partial charge on any atom is -0.463 e. The van der Waals surface area contributed by atoms with Crippen LogP contribution in [0.2, 0.25) is 25.2 Å². The van der Waals surface area contributed by atoms with Crippen LogP contribution < -0.4 is 0 Å². The quantitative estimate of drug-likeness (QED) is 0.369. The molecule has 0 bridgehead atoms. The van der Waals surface area contributed by atoms with Gasteiger partial charge >= 0.3 is 5.97 Å². The van der Waals surface area contributed by atoms with Crippen molar-refractivity contribution >= 4 is 14.0 Å². The van der Waals surface area contributed by atoms with Gasteiger partial charge in [-0.1, -0.05) is 45.5 Å². The first-order valence-electron chi connectivity index (χ1n) is 5.31. The van der Waals surface area contributed by atoms with Crippen LogP contribution in [0.25, 0.3) is 0 Å². The molecule has 0 rings (SSSR count). The maximum absolute atomic E-state index is 10.8. The number of carbonyl (C=O) groups is 1. The molecule has 0 spiro atoms. The zero-order valence-corrected chi connectivity index (χ0v) is 10.6. The van der Waals surface area contributed by atoms with E-state index in [9.17, 15) is 4.79 Å². The van der Waals surface area contributed by atoms with Gasteiger partial charge in [0, 0.05) is 6.08 Å². The number of rotatable bonds is 7. The van der Waals surface area contributed by atoms with E-state index < -0.39 is 8.07 Å². The molecule has 0 amide bonds. The minimum atomic E-state index is -1.12. The predicted molar refractivity (Wildman–Crippen MR) is 63.2 cm³/mol. The second-order valence-corrected chi connectivity index (χ2v) is 9.72. The third-order valence-electron chi connectivity index (χ3n) is 2.40. The lowest BCUT2D eigenvalue weighted by atomic mass is 10.4. The van der Waals surface area contributed by atoms with Crippen LogP contribution in [-0.4, -0.2) is 20.7 Å². The van der Waals surface area contributed by atoms with E-state index in [1.54, 1.807) is 0 Å². The summed E-state index contributed by atoms with van der Waals surface area (Å²) in [6.45, 7) is 10.8. The summed E-state index contributed by atoms with van der Waals surface area (Å²) < 4.78 is 4.98. The fraction of sp³-hybridized carbons (Fsp3) is 0.727. The van der Waals surface area contributed by atoms with Crippen LogP contribution in [0.1, 0.15) is 19.8 Å². The minimum absolute atomic E-state index is 0.301. The second-order valence-electron chi connectivity index (χ2n) is 4.39. The van der Waals surface area contributed by atoms with Crippen molar-refractivity contribution in [2.75, 3.05) is 6.61 Å². The topological polar surface area (TPSA) is 26.3 Å². The van der Waals surface area contributed by atoms with Crippen LogP contribution >= 0.6 is 0 Å². The molecule has 0 aliphatic carbocycles. The van der Waals surface area contributed by atoms with Gasteiger partial charge in [-0.3, -0.25) is 0 Å². The molecule has 0 saturated heterocycles. The zero-order valence-electron chi connectivity index (χ0n) is 9.64. The Balaban J connectivity index is 3.64. The van der Waals surface area contributed by atoms with E-state index in [4.69, 9.17) is 4.74 Å². The maximum Gasteiger partial charge on any atom is 0.330 e. The van der Waals surface area contributed by atoms with Gasteiger partial charge in [0.1, 0.15) is 0 Å². The Morgan fingerprint density at radius 2 is 2.07 bits per heavy atom. The highest BCUT2D eigenvalue weighted by molar-refractivity contribution is 6.77. The monoisotopic (exact) mass is 214 g/mol. The third kappa shape index (κ3) is 6.89. The molecule has 0 aromatic carbocycles. The second kappa shape index (κ2) is 6.82. The van der Waals surface area contributed by atoms with Gasteiger partial charge < -0.3 is 4.74 Å². The van der Waals surface area contributed by atoms with Crippen molar-refractivity contribution < 1.29 is 9.53 Å². The molecule has 0 aromatic rings. The molecule has 2 nitrogen and oxygen atoms in total. The van der Waals surface area contributed by atoms with Gasteiger partial charge in [-0.15, -0.1) is 0 Å². The number of hydrogen-bond donors (Lipinski definition) is 0. The molecule has 14 heavy (non-hydrogen) atoms. The smallest absolute Gasteiger partial charge is 0.330 e. The average Bonchev–Trinajstić information content (AvgIpc) is 2.14. The number of hydrogen-bond acceptors (Lipinski definition) is 2. The van der Waals surface area contributed by atoms with Crippen molar-refractivity contribution in [2.24, 2.45) is 0 Å². The Kier molecular flexibility index (Phi) is 6.54. The lowest BCUT2D eigenvalue weighted by Gasteiger charge is -2.21. The lowest BCUT2D eigenvalue weighted by Crippen LogP contribution is -2.27. The van der Waals surface area contributed by atoms with E-state index in [1.807, 2.05) is 0 Å². The summed E-state index contributed by atoms with van der Waals surface area (Å²) in [7, 11) is -1.12. The Bertz CT molecular complexity index is 188. The van der Waals surface area contributed by atoms with Gasteiger partial charge in [0.05, 0.1) is 14.7 Å². The van der Waals surface area contributed by atoms with Crippen molar-refractivity contribution in [1.29, 1.82) is 0 Å². The third-order valence-corrected chi connectivity index (χ3v) is 5.66. The summed E-state index contributed by atoms with van der Waals surface area (Å²) >= 11 is 0. The molecule has 82 valence electrons. The summed E-state index contributed by atoms with van der Waals surface area (Å²) in [5, 5.41) is 0. The summed E-state index contributed by atoms with van der Waals surface area (Å²) in [5.74, 6) is -0.301. The van der Waals surface area contributed by atoms with E-state index >= 15 is 0 Å². The van der Waals surface area contributed by atoms with Gasteiger partial charge in [-0.05, 0) is 6.04 Å².